The van der Waals surface area contributed by atoms with Gasteiger partial charge in [-0.15, -0.1) is 11.3 Å². The molecule has 0 saturated carbocycles. The van der Waals surface area contributed by atoms with Crippen LogP contribution in [0.3, 0.4) is 0 Å². The van der Waals surface area contributed by atoms with Crippen molar-refractivity contribution >= 4 is 23.2 Å². The molecule has 1 aliphatic heterocycles. The van der Waals surface area contributed by atoms with Crippen LogP contribution in [0.5, 0.6) is 0 Å². The number of carbonyl (C=O) groups is 2. The van der Waals surface area contributed by atoms with Gasteiger partial charge in [0, 0.05) is 31.5 Å². The maximum atomic E-state index is 13.6. The fourth-order valence-corrected chi connectivity index (χ4v) is 5.50. The van der Waals surface area contributed by atoms with Gasteiger partial charge in [-0.1, -0.05) is 56.9 Å². The van der Waals surface area contributed by atoms with Crippen LogP contribution in [0.15, 0.2) is 35.7 Å². The van der Waals surface area contributed by atoms with E-state index in [0.29, 0.717) is 26.1 Å². The Kier molecular flexibility index (Phi) is 9.95. The Morgan fingerprint density at radius 1 is 1.12 bits per heavy atom. The Balaban J connectivity index is 1.74. The topological polar surface area (TPSA) is 49.9 Å². The minimum Gasteiger partial charge on any atom is -0.383 e. The van der Waals surface area contributed by atoms with Gasteiger partial charge >= 0.3 is 0 Å². The zero-order valence-electron chi connectivity index (χ0n) is 20.3. The van der Waals surface area contributed by atoms with E-state index in [1.165, 1.54) is 28.8 Å². The number of rotatable bonds is 12. The van der Waals surface area contributed by atoms with Crippen molar-refractivity contribution in [3.05, 3.63) is 57.3 Å². The molecule has 0 spiro atoms. The van der Waals surface area contributed by atoms with Crippen molar-refractivity contribution in [3.63, 3.8) is 0 Å². The van der Waals surface area contributed by atoms with E-state index in [2.05, 4.69) is 37.4 Å². The van der Waals surface area contributed by atoms with Crippen LogP contribution in [-0.2, 0) is 20.7 Å². The molecule has 2 aromatic rings. The molecule has 2 heterocycles. The number of benzene rings is 1. The molecule has 0 radical (unpaired) electrons. The SMILES string of the molecule is CCCCCCCC(=O)N(CCOC)CC(=O)N1CCc2sccc2C1c1ccccc1C. The van der Waals surface area contributed by atoms with E-state index in [1.807, 2.05) is 17.0 Å². The summed E-state index contributed by atoms with van der Waals surface area (Å²) in [6, 6.07) is 10.4. The minimum absolute atomic E-state index is 0.00976. The fraction of sp³-hybridized carbons (Fsp3) is 0.556. The second kappa shape index (κ2) is 12.9. The van der Waals surface area contributed by atoms with Crippen molar-refractivity contribution in [2.75, 3.05) is 33.4 Å². The molecule has 0 N–H and O–H groups in total. The van der Waals surface area contributed by atoms with Gasteiger partial charge in [-0.2, -0.15) is 0 Å². The number of hydrogen-bond donors (Lipinski definition) is 0. The van der Waals surface area contributed by atoms with Crippen LogP contribution in [0.1, 0.15) is 73.1 Å². The van der Waals surface area contributed by atoms with Gasteiger partial charge in [0.25, 0.3) is 0 Å². The first kappa shape index (κ1) is 25.4. The molecule has 3 rings (SSSR count). The summed E-state index contributed by atoms with van der Waals surface area (Å²) in [5, 5.41) is 2.12. The minimum atomic E-state index is -0.0953. The molecule has 5 nitrogen and oxygen atoms in total. The van der Waals surface area contributed by atoms with Crippen LogP contribution in [0.2, 0.25) is 0 Å². The van der Waals surface area contributed by atoms with Crippen molar-refractivity contribution in [2.45, 2.75) is 64.8 Å². The van der Waals surface area contributed by atoms with E-state index < -0.39 is 0 Å². The number of hydrogen-bond acceptors (Lipinski definition) is 4. The summed E-state index contributed by atoms with van der Waals surface area (Å²) in [7, 11) is 1.63. The highest BCUT2D eigenvalue weighted by Gasteiger charge is 2.34. The number of carbonyl (C=O) groups excluding carboxylic acids is 2. The summed E-state index contributed by atoms with van der Waals surface area (Å²) < 4.78 is 5.23. The number of amides is 2. The van der Waals surface area contributed by atoms with Crippen LogP contribution in [0.25, 0.3) is 0 Å². The van der Waals surface area contributed by atoms with Crippen LogP contribution >= 0.6 is 11.3 Å². The van der Waals surface area contributed by atoms with E-state index in [-0.39, 0.29) is 24.4 Å². The molecule has 1 aliphatic rings. The summed E-state index contributed by atoms with van der Waals surface area (Å²) >= 11 is 1.77. The molecule has 1 atom stereocenters. The number of unbranched alkanes of at least 4 members (excludes halogenated alkanes) is 4. The summed E-state index contributed by atoms with van der Waals surface area (Å²) in [6.07, 6.45) is 6.86. The largest absolute Gasteiger partial charge is 0.383 e. The van der Waals surface area contributed by atoms with Gasteiger partial charge < -0.3 is 14.5 Å². The molecule has 0 fully saturated rings. The Labute approximate surface area is 202 Å². The van der Waals surface area contributed by atoms with Gasteiger partial charge in [0.05, 0.1) is 19.2 Å². The number of aryl methyl sites for hydroxylation is 1. The molecule has 33 heavy (non-hydrogen) atoms. The Morgan fingerprint density at radius 3 is 2.67 bits per heavy atom. The molecule has 180 valence electrons. The zero-order chi connectivity index (χ0) is 23.6. The highest BCUT2D eigenvalue weighted by atomic mass is 32.1. The van der Waals surface area contributed by atoms with Gasteiger partial charge in [-0.25, -0.2) is 0 Å². The molecule has 0 aliphatic carbocycles. The second-order valence-corrected chi connectivity index (χ2v) is 9.87. The third-order valence-electron chi connectivity index (χ3n) is 6.51. The zero-order valence-corrected chi connectivity index (χ0v) is 21.2. The summed E-state index contributed by atoms with van der Waals surface area (Å²) in [5.74, 6) is 0.0631. The number of methoxy groups -OCH3 is 1. The average Bonchev–Trinajstić information content (AvgIpc) is 3.30. The van der Waals surface area contributed by atoms with Crippen molar-refractivity contribution in [2.24, 2.45) is 0 Å². The first-order valence-corrected chi connectivity index (χ1v) is 13.1. The van der Waals surface area contributed by atoms with Gasteiger partial charge in [-0.05, 0) is 47.9 Å². The highest BCUT2D eigenvalue weighted by molar-refractivity contribution is 7.10. The van der Waals surface area contributed by atoms with Gasteiger partial charge in [0.2, 0.25) is 11.8 Å². The molecule has 2 amide bonds. The first-order valence-electron chi connectivity index (χ1n) is 12.2. The van der Waals surface area contributed by atoms with Gasteiger partial charge in [-0.3, -0.25) is 9.59 Å². The number of nitrogens with zero attached hydrogens (tertiary/aromatic N) is 2. The van der Waals surface area contributed by atoms with E-state index >= 15 is 0 Å². The predicted molar refractivity (Wildman–Crippen MR) is 135 cm³/mol. The Hall–Kier alpha value is -2.18. The summed E-state index contributed by atoms with van der Waals surface area (Å²) in [5.41, 5.74) is 3.56. The molecule has 6 heteroatoms. The molecular weight excluding hydrogens is 432 g/mol. The first-order chi connectivity index (χ1) is 16.1. The van der Waals surface area contributed by atoms with E-state index in [1.54, 1.807) is 23.3 Å². The Morgan fingerprint density at radius 2 is 1.91 bits per heavy atom. The molecule has 0 bridgehead atoms. The standard InChI is InChI=1S/C27H38N2O3S/c1-4-5-6-7-8-13-25(30)28(17-18-32-3)20-26(31)29-16-14-24-23(15-19-33-24)27(29)22-12-10-9-11-21(22)2/h9-12,15,19,27H,4-8,13-14,16-18,20H2,1-3H3. The maximum Gasteiger partial charge on any atom is 0.242 e. The van der Waals surface area contributed by atoms with E-state index in [4.69, 9.17) is 4.74 Å². The van der Waals surface area contributed by atoms with Gasteiger partial charge in [0.1, 0.15) is 0 Å². The third-order valence-corrected chi connectivity index (χ3v) is 7.50. The van der Waals surface area contributed by atoms with Crippen LogP contribution in [0.4, 0.5) is 0 Å². The lowest BCUT2D eigenvalue weighted by molar-refractivity contribution is -0.142. The number of ether oxygens (including phenoxy) is 1. The van der Waals surface area contributed by atoms with Crippen LogP contribution < -0.4 is 0 Å². The summed E-state index contributed by atoms with van der Waals surface area (Å²) in [6.45, 7) is 5.96. The lowest BCUT2D eigenvalue weighted by Crippen LogP contribution is -2.47. The molecule has 1 aromatic heterocycles. The monoisotopic (exact) mass is 470 g/mol. The average molecular weight is 471 g/mol. The predicted octanol–water partition coefficient (Wildman–Crippen LogP) is 5.37. The molecular formula is C27H38N2O3S. The third kappa shape index (κ3) is 6.67. The maximum absolute atomic E-state index is 13.6. The Bertz CT molecular complexity index is 910. The van der Waals surface area contributed by atoms with Crippen molar-refractivity contribution in [3.8, 4) is 0 Å². The van der Waals surface area contributed by atoms with E-state index in [0.717, 1.165) is 31.2 Å². The van der Waals surface area contributed by atoms with Crippen molar-refractivity contribution in [1.82, 2.24) is 9.80 Å². The van der Waals surface area contributed by atoms with Crippen LogP contribution in [0, 0.1) is 6.92 Å². The van der Waals surface area contributed by atoms with E-state index in [9.17, 15) is 9.59 Å². The molecule has 0 saturated heterocycles. The molecule has 1 aromatic carbocycles. The smallest absolute Gasteiger partial charge is 0.242 e. The normalized spacial score (nSPS) is 15.4. The fourth-order valence-electron chi connectivity index (χ4n) is 4.60. The van der Waals surface area contributed by atoms with Crippen LogP contribution in [-0.4, -0.2) is 55.0 Å². The number of fused-ring (bicyclic) bond motifs is 1. The van der Waals surface area contributed by atoms with Gasteiger partial charge in [0.15, 0.2) is 0 Å². The summed E-state index contributed by atoms with van der Waals surface area (Å²) in [4.78, 5) is 31.6. The lowest BCUT2D eigenvalue weighted by atomic mass is 9.90. The molecule has 1 unspecified atom stereocenters. The second-order valence-electron chi connectivity index (χ2n) is 8.87. The quantitative estimate of drug-likeness (QED) is 0.392. The van der Waals surface area contributed by atoms with Crippen molar-refractivity contribution in [1.29, 1.82) is 0 Å². The lowest BCUT2D eigenvalue weighted by Gasteiger charge is -2.38. The number of thiophene rings is 1. The van der Waals surface area contributed by atoms with Crippen molar-refractivity contribution < 1.29 is 14.3 Å². The highest BCUT2D eigenvalue weighted by Crippen LogP contribution is 2.39.